The Kier molecular flexibility index (Phi) is 5.43. The highest BCUT2D eigenvalue weighted by Crippen LogP contribution is 2.03. The number of aryl methyl sites for hydroxylation is 1. The fourth-order valence-electron chi connectivity index (χ4n) is 1.56. The van der Waals surface area contributed by atoms with E-state index >= 15 is 0 Å². The molecule has 0 aliphatic carbocycles. The Morgan fingerprint density at radius 2 is 2.33 bits per heavy atom. The third-order valence-corrected chi connectivity index (χ3v) is 2.53. The van der Waals surface area contributed by atoms with Crippen molar-refractivity contribution in [3.05, 3.63) is 24.0 Å². The highest BCUT2D eigenvalue weighted by Gasteiger charge is 2.01. The molecule has 1 aromatic rings. The Morgan fingerprint density at radius 1 is 1.53 bits per heavy atom. The van der Waals surface area contributed by atoms with Crippen LogP contribution in [-0.4, -0.2) is 24.3 Å². The zero-order valence-corrected chi connectivity index (χ0v) is 9.99. The molecule has 1 atom stereocenters. The lowest BCUT2D eigenvalue weighted by Crippen LogP contribution is -2.26. The summed E-state index contributed by atoms with van der Waals surface area (Å²) >= 11 is 0. The van der Waals surface area contributed by atoms with Crippen molar-refractivity contribution < 1.29 is 4.74 Å². The van der Waals surface area contributed by atoms with Crippen molar-refractivity contribution in [1.82, 2.24) is 9.88 Å². The SMILES string of the molecule is CCCn1cccc1CNCC(C)OC. The Bertz CT molecular complexity index is 270. The molecule has 1 aromatic heterocycles. The molecule has 0 amide bonds. The Balaban J connectivity index is 2.33. The molecule has 0 fully saturated rings. The van der Waals surface area contributed by atoms with Crippen LogP contribution in [0.2, 0.25) is 0 Å². The molecule has 0 saturated carbocycles. The number of nitrogens with one attached hydrogen (secondary N) is 1. The number of methoxy groups -OCH3 is 1. The highest BCUT2D eigenvalue weighted by atomic mass is 16.5. The third-order valence-electron chi connectivity index (χ3n) is 2.53. The minimum atomic E-state index is 0.277. The first kappa shape index (κ1) is 12.3. The maximum Gasteiger partial charge on any atom is 0.0667 e. The number of nitrogens with zero attached hydrogens (tertiary/aromatic N) is 1. The van der Waals surface area contributed by atoms with Gasteiger partial charge in [0.25, 0.3) is 0 Å². The lowest BCUT2D eigenvalue weighted by molar-refractivity contribution is 0.117. The molecule has 1 unspecified atom stereocenters. The number of hydrogen-bond donors (Lipinski definition) is 1. The van der Waals surface area contributed by atoms with E-state index in [1.54, 1.807) is 7.11 Å². The predicted molar refractivity (Wildman–Crippen MR) is 62.9 cm³/mol. The van der Waals surface area contributed by atoms with E-state index < -0.39 is 0 Å². The lowest BCUT2D eigenvalue weighted by atomic mass is 10.3. The fourth-order valence-corrected chi connectivity index (χ4v) is 1.56. The molecule has 0 aliphatic heterocycles. The van der Waals surface area contributed by atoms with Crippen LogP contribution in [-0.2, 0) is 17.8 Å². The second-order valence-electron chi connectivity index (χ2n) is 3.87. The van der Waals surface area contributed by atoms with Gasteiger partial charge >= 0.3 is 0 Å². The van der Waals surface area contributed by atoms with Crippen molar-refractivity contribution in [1.29, 1.82) is 0 Å². The van der Waals surface area contributed by atoms with Gasteiger partial charge in [-0.1, -0.05) is 6.92 Å². The molecule has 1 rings (SSSR count). The molecule has 0 aromatic carbocycles. The Labute approximate surface area is 92.4 Å². The topological polar surface area (TPSA) is 26.2 Å². The Hall–Kier alpha value is -0.800. The van der Waals surface area contributed by atoms with Gasteiger partial charge in [-0.3, -0.25) is 0 Å². The van der Waals surface area contributed by atoms with E-state index in [-0.39, 0.29) is 6.10 Å². The largest absolute Gasteiger partial charge is 0.380 e. The summed E-state index contributed by atoms with van der Waals surface area (Å²) < 4.78 is 7.47. The van der Waals surface area contributed by atoms with E-state index in [1.807, 2.05) is 0 Å². The number of rotatable bonds is 7. The summed E-state index contributed by atoms with van der Waals surface area (Å²) in [5.74, 6) is 0. The summed E-state index contributed by atoms with van der Waals surface area (Å²) in [5, 5.41) is 3.39. The molecular weight excluding hydrogens is 188 g/mol. The van der Waals surface area contributed by atoms with Gasteiger partial charge in [-0.2, -0.15) is 0 Å². The van der Waals surface area contributed by atoms with Gasteiger partial charge in [-0.15, -0.1) is 0 Å². The van der Waals surface area contributed by atoms with Crippen molar-refractivity contribution in [3.8, 4) is 0 Å². The van der Waals surface area contributed by atoms with Crippen LogP contribution in [0.15, 0.2) is 18.3 Å². The average molecular weight is 210 g/mol. The first-order valence-electron chi connectivity index (χ1n) is 5.65. The number of aromatic nitrogens is 1. The molecule has 15 heavy (non-hydrogen) atoms. The summed E-state index contributed by atoms with van der Waals surface area (Å²) in [7, 11) is 1.74. The van der Waals surface area contributed by atoms with Crippen LogP contribution in [0.25, 0.3) is 0 Å². The summed E-state index contributed by atoms with van der Waals surface area (Å²) in [6.45, 7) is 7.18. The number of hydrogen-bond acceptors (Lipinski definition) is 2. The van der Waals surface area contributed by atoms with E-state index in [0.717, 1.165) is 19.6 Å². The third kappa shape index (κ3) is 4.06. The smallest absolute Gasteiger partial charge is 0.0667 e. The van der Waals surface area contributed by atoms with E-state index in [2.05, 4.69) is 42.1 Å². The molecule has 86 valence electrons. The second-order valence-corrected chi connectivity index (χ2v) is 3.87. The molecular formula is C12H22N2O. The Morgan fingerprint density at radius 3 is 3.00 bits per heavy atom. The first-order valence-corrected chi connectivity index (χ1v) is 5.65. The van der Waals surface area contributed by atoms with Crippen LogP contribution < -0.4 is 5.32 Å². The van der Waals surface area contributed by atoms with Crippen LogP contribution >= 0.6 is 0 Å². The average Bonchev–Trinajstić information content (AvgIpc) is 2.66. The first-order chi connectivity index (χ1) is 7.27. The van der Waals surface area contributed by atoms with Gasteiger partial charge in [0.2, 0.25) is 0 Å². The molecule has 3 heteroatoms. The summed E-state index contributed by atoms with van der Waals surface area (Å²) in [6.07, 6.45) is 3.59. The van der Waals surface area contributed by atoms with Gasteiger partial charge in [0.15, 0.2) is 0 Å². The van der Waals surface area contributed by atoms with Gasteiger partial charge in [0, 0.05) is 38.6 Å². The van der Waals surface area contributed by atoms with Crippen molar-refractivity contribution in [2.75, 3.05) is 13.7 Å². The summed E-state index contributed by atoms with van der Waals surface area (Å²) in [5.41, 5.74) is 1.35. The van der Waals surface area contributed by atoms with Crippen LogP contribution in [0, 0.1) is 0 Å². The standard InChI is InChI=1S/C12H22N2O/c1-4-7-14-8-5-6-12(14)10-13-9-11(2)15-3/h5-6,8,11,13H,4,7,9-10H2,1-3H3. The van der Waals surface area contributed by atoms with E-state index in [9.17, 15) is 0 Å². The second kappa shape index (κ2) is 6.64. The van der Waals surface area contributed by atoms with Gasteiger partial charge < -0.3 is 14.6 Å². The minimum Gasteiger partial charge on any atom is -0.380 e. The van der Waals surface area contributed by atoms with Crippen molar-refractivity contribution in [2.45, 2.75) is 39.5 Å². The molecule has 1 N–H and O–H groups in total. The van der Waals surface area contributed by atoms with Crippen LogP contribution in [0.5, 0.6) is 0 Å². The normalized spacial score (nSPS) is 13.0. The maximum atomic E-state index is 5.18. The van der Waals surface area contributed by atoms with E-state index in [0.29, 0.717) is 0 Å². The number of ether oxygens (including phenoxy) is 1. The maximum absolute atomic E-state index is 5.18. The zero-order chi connectivity index (χ0) is 11.1. The van der Waals surface area contributed by atoms with Gasteiger partial charge in [-0.25, -0.2) is 0 Å². The van der Waals surface area contributed by atoms with E-state index in [1.165, 1.54) is 12.1 Å². The molecule has 1 heterocycles. The molecule has 0 bridgehead atoms. The van der Waals surface area contributed by atoms with Gasteiger partial charge in [0.1, 0.15) is 0 Å². The summed E-state index contributed by atoms with van der Waals surface area (Å²) in [4.78, 5) is 0. The van der Waals surface area contributed by atoms with E-state index in [4.69, 9.17) is 4.74 Å². The molecule has 0 spiro atoms. The van der Waals surface area contributed by atoms with Crippen molar-refractivity contribution in [3.63, 3.8) is 0 Å². The highest BCUT2D eigenvalue weighted by molar-refractivity contribution is 5.06. The molecule has 0 radical (unpaired) electrons. The van der Waals surface area contributed by atoms with Crippen molar-refractivity contribution >= 4 is 0 Å². The molecule has 0 aliphatic rings. The zero-order valence-electron chi connectivity index (χ0n) is 9.99. The van der Waals surface area contributed by atoms with Crippen molar-refractivity contribution in [2.24, 2.45) is 0 Å². The monoisotopic (exact) mass is 210 g/mol. The quantitative estimate of drug-likeness (QED) is 0.745. The molecule has 3 nitrogen and oxygen atoms in total. The lowest BCUT2D eigenvalue weighted by Gasteiger charge is -2.12. The minimum absolute atomic E-state index is 0.277. The van der Waals surface area contributed by atoms with Crippen LogP contribution in [0.3, 0.4) is 0 Å². The predicted octanol–water partition coefficient (Wildman–Crippen LogP) is 2.02. The fraction of sp³-hybridized carbons (Fsp3) is 0.667. The summed E-state index contributed by atoms with van der Waals surface area (Å²) in [6, 6.07) is 4.27. The van der Waals surface area contributed by atoms with Gasteiger partial charge in [0.05, 0.1) is 6.10 Å². The van der Waals surface area contributed by atoms with Crippen LogP contribution in [0.4, 0.5) is 0 Å². The molecule has 0 saturated heterocycles. The van der Waals surface area contributed by atoms with Crippen LogP contribution in [0.1, 0.15) is 26.0 Å². The van der Waals surface area contributed by atoms with Gasteiger partial charge in [-0.05, 0) is 25.5 Å².